The van der Waals surface area contributed by atoms with Crippen LogP contribution in [0.4, 0.5) is 0 Å². The summed E-state index contributed by atoms with van der Waals surface area (Å²) in [7, 11) is 0. The summed E-state index contributed by atoms with van der Waals surface area (Å²) in [5, 5.41) is 10.0. The molecule has 0 fully saturated rings. The smallest absolute Gasteiger partial charge is 0.205 e. The van der Waals surface area contributed by atoms with Gasteiger partial charge in [-0.25, -0.2) is 0 Å². The quantitative estimate of drug-likeness (QED) is 0.586. The van der Waals surface area contributed by atoms with Gasteiger partial charge in [0, 0.05) is 24.7 Å². The van der Waals surface area contributed by atoms with Crippen molar-refractivity contribution in [3.8, 4) is 17.6 Å². The van der Waals surface area contributed by atoms with E-state index < -0.39 is 0 Å². The molecular formula is C29H33N3O3. The minimum Gasteiger partial charge on any atom is -0.494 e. The van der Waals surface area contributed by atoms with E-state index in [0.717, 1.165) is 46.1 Å². The molecule has 2 heterocycles. The van der Waals surface area contributed by atoms with Crippen LogP contribution in [0.25, 0.3) is 6.08 Å². The van der Waals surface area contributed by atoms with Crippen molar-refractivity contribution in [1.29, 1.82) is 5.26 Å². The van der Waals surface area contributed by atoms with Gasteiger partial charge in [-0.3, -0.25) is 4.90 Å². The Morgan fingerprint density at radius 2 is 1.63 bits per heavy atom. The van der Waals surface area contributed by atoms with Crippen LogP contribution in [0, 0.1) is 11.3 Å². The lowest BCUT2D eigenvalue weighted by molar-refractivity contribution is 0.208. The number of allylic oxidation sites excluding steroid dienone is 1. The second kappa shape index (κ2) is 10.7. The molecule has 0 bridgehead atoms. The molecule has 1 unspecified atom stereocenters. The van der Waals surface area contributed by atoms with Crippen molar-refractivity contribution in [2.24, 2.45) is 5.73 Å². The van der Waals surface area contributed by atoms with E-state index in [0.29, 0.717) is 31.4 Å². The van der Waals surface area contributed by atoms with Crippen molar-refractivity contribution in [1.82, 2.24) is 4.90 Å². The summed E-state index contributed by atoms with van der Waals surface area (Å²) < 4.78 is 17.4. The van der Waals surface area contributed by atoms with Crippen LogP contribution >= 0.6 is 0 Å². The SMILES string of the molecule is CCOc1ccc(/C=C2\CN(C(C)C)CC3=C2OC(N)=C(C#N)C3c2ccc(OCC)cc2)cc1. The molecule has 0 spiro atoms. The number of nitrogens with zero attached hydrogens (tertiary/aromatic N) is 2. The van der Waals surface area contributed by atoms with Crippen LogP contribution in [0.15, 0.2) is 76.9 Å². The van der Waals surface area contributed by atoms with E-state index in [2.05, 4.69) is 30.9 Å². The van der Waals surface area contributed by atoms with Gasteiger partial charge in [-0.1, -0.05) is 24.3 Å². The van der Waals surface area contributed by atoms with E-state index in [9.17, 15) is 5.26 Å². The molecule has 0 saturated heterocycles. The highest BCUT2D eigenvalue weighted by Crippen LogP contribution is 2.44. The third kappa shape index (κ3) is 5.21. The van der Waals surface area contributed by atoms with Crippen molar-refractivity contribution in [3.63, 3.8) is 0 Å². The third-order valence-corrected chi connectivity index (χ3v) is 6.35. The van der Waals surface area contributed by atoms with Gasteiger partial charge in [-0.2, -0.15) is 5.26 Å². The summed E-state index contributed by atoms with van der Waals surface area (Å²) in [5.74, 6) is 2.31. The van der Waals surface area contributed by atoms with Crippen LogP contribution in [0.2, 0.25) is 0 Å². The Labute approximate surface area is 207 Å². The molecule has 6 heteroatoms. The van der Waals surface area contributed by atoms with Crippen LogP contribution in [-0.2, 0) is 4.74 Å². The lowest BCUT2D eigenvalue weighted by Gasteiger charge is -2.40. The summed E-state index contributed by atoms with van der Waals surface area (Å²) in [6, 6.07) is 18.6. The number of hydrogen-bond acceptors (Lipinski definition) is 6. The van der Waals surface area contributed by atoms with Gasteiger partial charge in [-0.15, -0.1) is 0 Å². The van der Waals surface area contributed by atoms with Crippen molar-refractivity contribution < 1.29 is 14.2 Å². The standard InChI is InChI=1S/C29H33N3O3/c1-5-33-23-11-7-20(8-12-23)15-22-17-32(19(3)4)18-26-27(25(16-30)29(31)35-28(22)26)21-9-13-24(14-10-21)34-6-2/h7-15,19,27H,5-6,17-18,31H2,1-4H3/b22-15+. The number of nitriles is 1. The maximum absolute atomic E-state index is 10.0. The molecule has 6 nitrogen and oxygen atoms in total. The largest absolute Gasteiger partial charge is 0.494 e. The first-order chi connectivity index (χ1) is 16.9. The van der Waals surface area contributed by atoms with Crippen LogP contribution in [0.3, 0.4) is 0 Å². The van der Waals surface area contributed by atoms with Crippen molar-refractivity contribution >= 4 is 6.08 Å². The Bertz CT molecular complexity index is 1190. The zero-order valence-corrected chi connectivity index (χ0v) is 20.9. The van der Waals surface area contributed by atoms with Crippen LogP contribution < -0.4 is 15.2 Å². The fourth-order valence-electron chi connectivity index (χ4n) is 4.59. The van der Waals surface area contributed by atoms with Crippen molar-refractivity contribution in [3.05, 3.63) is 88.0 Å². The molecule has 2 aliphatic rings. The molecule has 0 aliphatic carbocycles. The minimum absolute atomic E-state index is 0.167. The van der Waals surface area contributed by atoms with E-state index in [1.54, 1.807) is 0 Å². The molecular weight excluding hydrogens is 438 g/mol. The molecule has 0 aromatic heterocycles. The van der Waals surface area contributed by atoms with Crippen molar-refractivity contribution in [2.75, 3.05) is 26.3 Å². The Morgan fingerprint density at radius 1 is 1.03 bits per heavy atom. The highest BCUT2D eigenvalue weighted by atomic mass is 16.5. The summed E-state index contributed by atoms with van der Waals surface area (Å²) in [5.41, 5.74) is 10.9. The fraction of sp³-hybridized carbons (Fsp3) is 0.345. The normalized spacial score (nSPS) is 19.4. The minimum atomic E-state index is -0.273. The molecule has 2 N–H and O–H groups in total. The Kier molecular flexibility index (Phi) is 7.48. The molecule has 2 aliphatic heterocycles. The molecule has 2 aromatic rings. The average molecular weight is 472 g/mol. The maximum Gasteiger partial charge on any atom is 0.205 e. The fourth-order valence-corrected chi connectivity index (χ4v) is 4.59. The number of rotatable bonds is 7. The Balaban J connectivity index is 1.80. The van der Waals surface area contributed by atoms with Gasteiger partial charge in [-0.05, 0) is 74.7 Å². The van der Waals surface area contributed by atoms with E-state index >= 15 is 0 Å². The summed E-state index contributed by atoms with van der Waals surface area (Å²) in [6.07, 6.45) is 2.14. The first kappa shape index (κ1) is 24.4. The topological polar surface area (TPSA) is 80.7 Å². The van der Waals surface area contributed by atoms with Gasteiger partial charge in [0.15, 0.2) is 0 Å². The predicted molar refractivity (Wildman–Crippen MR) is 138 cm³/mol. The second-order valence-electron chi connectivity index (χ2n) is 8.95. The van der Waals surface area contributed by atoms with E-state index in [1.165, 1.54) is 0 Å². The molecule has 0 radical (unpaired) electrons. The van der Waals surface area contributed by atoms with Crippen LogP contribution in [-0.4, -0.2) is 37.2 Å². The van der Waals surface area contributed by atoms with E-state index in [4.69, 9.17) is 19.9 Å². The molecule has 182 valence electrons. The van der Waals surface area contributed by atoms with Gasteiger partial charge in [0.25, 0.3) is 0 Å². The first-order valence-corrected chi connectivity index (χ1v) is 12.2. The molecule has 35 heavy (non-hydrogen) atoms. The van der Waals surface area contributed by atoms with Gasteiger partial charge >= 0.3 is 0 Å². The van der Waals surface area contributed by atoms with Gasteiger partial charge in [0.1, 0.15) is 28.9 Å². The Morgan fingerprint density at radius 3 is 2.17 bits per heavy atom. The summed E-state index contributed by atoms with van der Waals surface area (Å²) >= 11 is 0. The lowest BCUT2D eigenvalue weighted by Crippen LogP contribution is -2.41. The number of ether oxygens (including phenoxy) is 3. The molecule has 0 saturated carbocycles. The zero-order valence-electron chi connectivity index (χ0n) is 20.9. The number of nitrogens with two attached hydrogens (primary N) is 1. The summed E-state index contributed by atoms with van der Waals surface area (Å²) in [6.45, 7) is 11.0. The van der Waals surface area contributed by atoms with Gasteiger partial charge < -0.3 is 19.9 Å². The Hall–Kier alpha value is -3.69. The van der Waals surface area contributed by atoms with E-state index in [1.807, 2.05) is 62.4 Å². The highest BCUT2D eigenvalue weighted by molar-refractivity contribution is 5.63. The number of hydrogen-bond donors (Lipinski definition) is 1. The van der Waals surface area contributed by atoms with E-state index in [-0.39, 0.29) is 11.8 Å². The monoisotopic (exact) mass is 471 g/mol. The molecule has 1 atom stereocenters. The van der Waals surface area contributed by atoms with Crippen LogP contribution in [0.1, 0.15) is 44.7 Å². The third-order valence-electron chi connectivity index (χ3n) is 6.35. The second-order valence-corrected chi connectivity index (χ2v) is 8.95. The molecule has 0 amide bonds. The first-order valence-electron chi connectivity index (χ1n) is 12.2. The predicted octanol–water partition coefficient (Wildman–Crippen LogP) is 5.35. The molecule has 4 rings (SSSR count). The summed E-state index contributed by atoms with van der Waals surface area (Å²) in [4.78, 5) is 2.39. The highest BCUT2D eigenvalue weighted by Gasteiger charge is 2.38. The number of benzene rings is 2. The zero-order chi connectivity index (χ0) is 24.9. The maximum atomic E-state index is 10.0. The van der Waals surface area contributed by atoms with Gasteiger partial charge in [0.05, 0.1) is 19.1 Å². The lowest BCUT2D eigenvalue weighted by atomic mass is 9.80. The van der Waals surface area contributed by atoms with Gasteiger partial charge in [0.2, 0.25) is 5.88 Å². The van der Waals surface area contributed by atoms with Crippen molar-refractivity contribution in [2.45, 2.75) is 39.7 Å². The average Bonchev–Trinajstić information content (AvgIpc) is 2.85. The molecule has 2 aromatic carbocycles. The van der Waals surface area contributed by atoms with Crippen LogP contribution in [0.5, 0.6) is 11.5 Å².